The van der Waals surface area contributed by atoms with E-state index in [0.717, 1.165) is 70.6 Å². The summed E-state index contributed by atoms with van der Waals surface area (Å²) in [7, 11) is 0. The van der Waals surface area contributed by atoms with E-state index in [1.807, 2.05) is 13.8 Å². The second kappa shape index (κ2) is 31.8. The number of alkyl halides is 20. The van der Waals surface area contributed by atoms with Crippen molar-refractivity contribution in [3.63, 3.8) is 0 Å². The highest BCUT2D eigenvalue weighted by Gasteiger charge is 2.82. The Morgan fingerprint density at radius 1 is 0.348 bits per heavy atom. The Labute approximate surface area is 755 Å². The normalized spacial score (nSPS) is 31.9. The van der Waals surface area contributed by atoms with Crippen LogP contribution in [0, 0.1) is 52.8 Å². The first-order valence-electron chi connectivity index (χ1n) is 36.7. The van der Waals surface area contributed by atoms with Crippen LogP contribution in [0.3, 0.4) is 0 Å². The smallest absolute Gasteiger partial charge is 0.137 e. The van der Waals surface area contributed by atoms with Crippen molar-refractivity contribution in [2.45, 2.75) is 275 Å². The minimum Gasteiger partial charge on any atom is -0.388 e. The van der Waals surface area contributed by atoms with Crippen LogP contribution >= 0.6 is 241 Å². The van der Waals surface area contributed by atoms with Crippen molar-refractivity contribution < 1.29 is 30.6 Å². The molecule has 0 bridgehead atoms. The lowest BCUT2D eigenvalue weighted by molar-refractivity contribution is -0.0245. The Kier molecular flexibility index (Phi) is 25.7. The molecule has 0 radical (unpaired) electrons. The average Bonchev–Trinajstić information content (AvgIpc) is 1.49. The van der Waals surface area contributed by atoms with Gasteiger partial charge in [0.05, 0.1) is 73.2 Å². The van der Waals surface area contributed by atoms with Gasteiger partial charge in [-0.3, -0.25) is 18.7 Å². The van der Waals surface area contributed by atoms with Gasteiger partial charge >= 0.3 is 0 Å². The number of rotatable bonds is 30. The molecule has 0 aliphatic heterocycles. The van der Waals surface area contributed by atoms with Crippen LogP contribution in [-0.2, 0) is 39.3 Å². The lowest BCUT2D eigenvalue weighted by Gasteiger charge is -2.34. The second-order valence-corrected chi connectivity index (χ2v) is 51.6. The molecule has 6 N–H and O–H groups in total. The van der Waals surface area contributed by atoms with Crippen LogP contribution in [-0.4, -0.2) is 206 Å². The first-order valence-corrected chi connectivity index (χ1v) is 45.1. The van der Waals surface area contributed by atoms with Crippen LogP contribution in [0.15, 0.2) is 75.9 Å². The van der Waals surface area contributed by atoms with Gasteiger partial charge in [0.2, 0.25) is 0 Å². The third-order valence-electron chi connectivity index (χ3n) is 24.7. The molecule has 0 amide bonds. The highest BCUT2D eigenvalue weighted by molar-refractivity contribution is 9.25. The summed E-state index contributed by atoms with van der Waals surface area (Å²) in [6.45, 7) is 5.84. The number of hydrogen-bond donors (Lipinski definition) is 6. The molecule has 6 aromatic heterocycles. The van der Waals surface area contributed by atoms with Crippen LogP contribution in [0.1, 0.15) is 149 Å². The zero-order chi connectivity index (χ0) is 81.6. The summed E-state index contributed by atoms with van der Waals surface area (Å²) in [5, 5.41) is 90.1. The van der Waals surface area contributed by atoms with Crippen LogP contribution in [0.5, 0.6) is 0 Å². The van der Waals surface area contributed by atoms with Crippen molar-refractivity contribution in [1.29, 1.82) is 0 Å². The SMILES string of the molecule is CC1(C)C(C(O)(Cn2cncn2)C2(Cl)CC2)C1(Cl)Cl.OC(CC1CC1(Br)Br)(Cn1cncn1)C1(Cl)CC1.OC(CC1CC1(Cl)Cl)(CC1CC1(Cl)Cl)Cn1cncn1.OC(CC1CC1(Cl)Cl)(Cn1cncn1)C1CC1(Cl)Cl.OC(CCC1CC1(Cl)Cl)(Cn1cncn1)C1(Cl)CC1.OC(Cn1cncn1)(C1CC1(Cl)Cl)C1(Cl)CC1. The van der Waals surface area contributed by atoms with Crippen molar-refractivity contribution in [1.82, 2.24) is 88.6 Å². The zero-order valence-corrected chi connectivity index (χ0v) is 77.2. The standard InChI is InChI=1S/C12H15Cl4N3O.2C12H16Cl3N3O.C11H14Br2ClN3O.C11H13Cl4N3O.C10H12Cl3N3O/c13-11(14)3-8(11)1-10(20,2-9-4-12(9,15)16)5-19-7-17-6-18-19;1-9(2)8(12(9,14)15)11(19,10(13)3-4-10)5-18-7-16-6-17-18;13-10(3-4-10)11(19,6-18-8-16-7-17-18)2-1-9-5-12(9,14)15;12-11(13)4-8(11)3-10(18,9(14)1-2-9)5-17-7-15-6-16-17;12-10(13)2-7(10)1-9(19,8-3-11(8,14)15)4-18-6-16-5-17-18;11-8(1-2-8)9(17,7-3-10(7,12)13)4-16-6-14-5-15-16/h6-9,20H,1-5H2;6-8,19H,3-5H2,1-2H3;7-9,19H,1-6H2;6-8,18H,1-5H2;5-8,19H,1-4H2;5-7,17H,1-4H2. The molecule has 44 heteroatoms. The average molecular weight is 2050 g/mol. The van der Waals surface area contributed by atoms with E-state index >= 15 is 0 Å². The maximum absolute atomic E-state index is 11.2. The molecule has 112 heavy (non-hydrogen) atoms. The number of aliphatic hydroxyl groups is 6. The predicted octanol–water partition coefficient (Wildman–Crippen LogP) is 16.0. The van der Waals surface area contributed by atoms with Gasteiger partial charge in [-0.2, -0.15) is 30.6 Å². The minimum absolute atomic E-state index is 0.0154. The van der Waals surface area contributed by atoms with Gasteiger partial charge in [-0.1, -0.05) is 45.7 Å². The predicted molar refractivity (Wildman–Crippen MR) is 444 cm³/mol. The maximum Gasteiger partial charge on any atom is 0.137 e. The van der Waals surface area contributed by atoms with Crippen molar-refractivity contribution in [2.24, 2.45) is 52.8 Å². The summed E-state index contributed by atoms with van der Waals surface area (Å²) < 4.78 is 4.18. The summed E-state index contributed by atoms with van der Waals surface area (Å²) in [5.41, 5.74) is -6.62. The first kappa shape index (κ1) is 90.5. The summed E-state index contributed by atoms with van der Waals surface area (Å²) >= 11 is 119. The van der Waals surface area contributed by atoms with Crippen molar-refractivity contribution in [3.8, 4) is 0 Å². The van der Waals surface area contributed by atoms with E-state index < -0.39 is 83.4 Å². The topological polar surface area (TPSA) is 306 Å². The van der Waals surface area contributed by atoms with E-state index in [4.69, 9.17) is 209 Å². The molecule has 0 spiro atoms. The molecule has 12 aliphatic carbocycles. The van der Waals surface area contributed by atoms with Gasteiger partial charge in [0, 0.05) is 23.2 Å². The molecule has 18 rings (SSSR count). The highest BCUT2D eigenvalue weighted by Crippen LogP contribution is 2.77. The summed E-state index contributed by atoms with van der Waals surface area (Å²) in [4.78, 5) is 21.0. The van der Waals surface area contributed by atoms with E-state index in [1.165, 1.54) is 38.0 Å². The highest BCUT2D eigenvalue weighted by atomic mass is 79.9. The van der Waals surface area contributed by atoms with Gasteiger partial charge in [0.1, 0.15) is 129 Å². The van der Waals surface area contributed by atoms with Crippen LogP contribution in [0.2, 0.25) is 0 Å². The Morgan fingerprint density at radius 3 is 0.946 bits per heavy atom. The van der Waals surface area contributed by atoms with E-state index in [0.29, 0.717) is 96.3 Å². The Hall–Kier alpha value is 0.780. The molecule has 6 aromatic rings. The van der Waals surface area contributed by atoms with E-state index in [2.05, 4.69) is 92.4 Å². The second-order valence-electron chi connectivity index (χ2n) is 34.1. The Bertz CT molecular complexity index is 4130. The van der Waals surface area contributed by atoms with Gasteiger partial charge in [-0.15, -0.1) is 209 Å². The third kappa shape index (κ3) is 20.6. The monoisotopic (exact) mass is 2040 g/mol. The van der Waals surface area contributed by atoms with Crippen LogP contribution < -0.4 is 0 Å². The zero-order valence-electron chi connectivity index (χ0n) is 60.4. The fraction of sp³-hybridized carbons (Fsp3) is 0.824. The molecule has 0 aromatic carbocycles. The largest absolute Gasteiger partial charge is 0.388 e. The fourth-order valence-corrected chi connectivity index (χ4v) is 22.7. The summed E-state index contributed by atoms with van der Waals surface area (Å²) in [6, 6.07) is 0. The van der Waals surface area contributed by atoms with E-state index in [1.54, 1.807) is 66.1 Å². The van der Waals surface area contributed by atoms with Gasteiger partial charge in [0.25, 0.3) is 0 Å². The molecule has 6 heterocycles. The number of halogens is 20. The molecule has 12 aliphatic rings. The maximum atomic E-state index is 11.2. The lowest BCUT2D eigenvalue weighted by atomic mass is 9.87. The summed E-state index contributed by atoms with van der Waals surface area (Å²) in [5.74, 6) is 0.226. The van der Waals surface area contributed by atoms with Gasteiger partial charge in [-0.25, -0.2) is 39.3 Å². The van der Waals surface area contributed by atoms with Gasteiger partial charge in [0.15, 0.2) is 0 Å². The lowest BCUT2D eigenvalue weighted by Crippen LogP contribution is -2.49. The van der Waals surface area contributed by atoms with E-state index in [-0.39, 0.29) is 63.2 Å². The molecule has 0 saturated heterocycles. The molecule has 13 unspecified atom stereocenters. The first-order chi connectivity index (χ1) is 51.7. The van der Waals surface area contributed by atoms with Crippen molar-refractivity contribution in [2.75, 3.05) is 0 Å². The number of nitrogens with zero attached hydrogens (tertiary/aromatic N) is 18. The number of aromatic nitrogens is 18. The van der Waals surface area contributed by atoms with Crippen LogP contribution in [0.4, 0.5) is 0 Å². The minimum atomic E-state index is -1.19. The molecule has 624 valence electrons. The number of hydrogen-bond acceptors (Lipinski definition) is 18. The van der Waals surface area contributed by atoms with E-state index in [9.17, 15) is 30.6 Å². The fourth-order valence-electron chi connectivity index (χ4n) is 15.9. The molecule has 12 saturated carbocycles. The molecule has 12 fully saturated rings. The van der Waals surface area contributed by atoms with Crippen molar-refractivity contribution >= 4 is 241 Å². The van der Waals surface area contributed by atoms with Crippen LogP contribution in [0.25, 0.3) is 0 Å². The molecule has 13 atom stereocenters. The van der Waals surface area contributed by atoms with Gasteiger partial charge < -0.3 is 30.6 Å². The Balaban J connectivity index is 0.000000118. The van der Waals surface area contributed by atoms with Crippen molar-refractivity contribution in [3.05, 3.63) is 75.9 Å². The Morgan fingerprint density at radius 2 is 0.643 bits per heavy atom. The quantitative estimate of drug-likeness (QED) is 0.0228. The molecule has 24 nitrogen and oxygen atoms in total. The summed E-state index contributed by atoms with van der Waals surface area (Å²) in [6.07, 6.45) is 33.1. The third-order valence-corrected chi connectivity index (χ3v) is 36.3. The molecular formula is C68H86Br2Cl18N18O6. The molecular weight excluding hydrogens is 1960 g/mol. The van der Waals surface area contributed by atoms with Gasteiger partial charge in [-0.05, 0) is 164 Å².